The van der Waals surface area contributed by atoms with Crippen molar-refractivity contribution in [3.63, 3.8) is 0 Å². The normalized spacial score (nSPS) is 20.6. The number of rotatable bonds is 3. The second-order valence-corrected chi connectivity index (χ2v) is 10.1. The Hall–Kier alpha value is -1.50. The summed E-state index contributed by atoms with van der Waals surface area (Å²) in [5.74, 6) is -0.185. The molecule has 2 aliphatic rings. The lowest BCUT2D eigenvalue weighted by Gasteiger charge is -2.28. The molecule has 146 valence electrons. The first-order valence-electron chi connectivity index (χ1n) is 9.75. The van der Waals surface area contributed by atoms with E-state index in [0.717, 1.165) is 28.2 Å². The number of benzene rings is 1. The molecule has 2 heterocycles. The molecule has 0 radical (unpaired) electrons. The third-order valence-electron chi connectivity index (χ3n) is 5.29. The van der Waals surface area contributed by atoms with Gasteiger partial charge in [0.2, 0.25) is 0 Å². The topological polar surface area (TPSA) is 20.3 Å². The van der Waals surface area contributed by atoms with Crippen LogP contribution in [0, 0.1) is 5.82 Å². The van der Waals surface area contributed by atoms with Gasteiger partial charge in [-0.1, -0.05) is 68.2 Å². The molecule has 28 heavy (non-hydrogen) atoms. The number of thioether (sulfide) groups is 1. The molecule has 1 aromatic heterocycles. The summed E-state index contributed by atoms with van der Waals surface area (Å²) >= 11 is 8.57. The van der Waals surface area contributed by atoms with Crippen molar-refractivity contribution in [2.75, 3.05) is 0 Å². The highest BCUT2D eigenvalue weighted by atomic mass is 32.2. The van der Waals surface area contributed by atoms with Crippen LogP contribution in [0.1, 0.15) is 49.8 Å². The van der Waals surface area contributed by atoms with Gasteiger partial charge in [-0.2, -0.15) is 0 Å². The molecule has 6 heteroatoms. The second-order valence-electron chi connectivity index (χ2n) is 7.26. The summed E-state index contributed by atoms with van der Waals surface area (Å²) in [7, 11) is 0. The number of halogens is 1. The lowest BCUT2D eigenvalue weighted by atomic mass is 9.96. The zero-order chi connectivity index (χ0) is 19.5. The summed E-state index contributed by atoms with van der Waals surface area (Å²) in [6, 6.07) is 10.8. The number of carbonyl (C=O) groups excluding carboxylic acids is 1. The van der Waals surface area contributed by atoms with E-state index < -0.39 is 0 Å². The zero-order valence-corrected chi connectivity index (χ0v) is 18.0. The third-order valence-corrected chi connectivity index (χ3v) is 7.70. The van der Waals surface area contributed by atoms with Crippen LogP contribution in [-0.2, 0) is 4.79 Å². The SMILES string of the molecule is O=C1C(=Cc2ccc(-c3ccc(F)cc3)s2)SC(=S)N1C1CCCCCCC1. The van der Waals surface area contributed by atoms with Crippen LogP contribution < -0.4 is 0 Å². The second kappa shape index (κ2) is 8.89. The zero-order valence-electron chi connectivity index (χ0n) is 15.5. The number of carbonyl (C=O) groups is 1. The molecular formula is C22H22FNOS3. The van der Waals surface area contributed by atoms with E-state index in [2.05, 4.69) is 0 Å². The molecule has 0 atom stereocenters. The van der Waals surface area contributed by atoms with Gasteiger partial charge in [-0.25, -0.2) is 4.39 Å². The first-order chi connectivity index (χ1) is 13.6. The molecule has 1 aromatic carbocycles. The van der Waals surface area contributed by atoms with E-state index in [1.54, 1.807) is 23.5 Å². The minimum atomic E-state index is -0.238. The van der Waals surface area contributed by atoms with Crippen LogP contribution in [0.5, 0.6) is 0 Å². The van der Waals surface area contributed by atoms with Gasteiger partial charge in [-0.3, -0.25) is 9.69 Å². The Bertz CT molecular complexity index is 895. The van der Waals surface area contributed by atoms with Gasteiger partial charge in [0.25, 0.3) is 5.91 Å². The predicted octanol–water partition coefficient (Wildman–Crippen LogP) is 6.87. The number of hydrogen-bond acceptors (Lipinski definition) is 4. The maximum Gasteiger partial charge on any atom is 0.266 e. The molecule has 1 aliphatic heterocycles. The van der Waals surface area contributed by atoms with Crippen LogP contribution in [0.25, 0.3) is 16.5 Å². The standard InChI is InChI=1S/C22H22FNOS3/c23-16-10-8-15(9-11-16)19-13-12-18(27-19)14-20-21(25)24(22(26)28-20)17-6-4-2-1-3-5-7-17/h8-14,17H,1-7H2. The van der Waals surface area contributed by atoms with E-state index >= 15 is 0 Å². The van der Waals surface area contributed by atoms with E-state index in [4.69, 9.17) is 12.2 Å². The Morgan fingerprint density at radius 1 is 1.00 bits per heavy atom. The van der Waals surface area contributed by atoms with E-state index in [1.165, 1.54) is 56.0 Å². The first kappa shape index (κ1) is 19.8. The molecule has 0 spiro atoms. The summed E-state index contributed by atoms with van der Waals surface area (Å²) in [4.78, 5) is 17.7. The van der Waals surface area contributed by atoms with Gasteiger partial charge in [0.1, 0.15) is 10.1 Å². The smallest absolute Gasteiger partial charge is 0.266 e. The Morgan fingerprint density at radius 3 is 2.39 bits per heavy atom. The monoisotopic (exact) mass is 431 g/mol. The van der Waals surface area contributed by atoms with Crippen LogP contribution in [-0.4, -0.2) is 21.2 Å². The maximum atomic E-state index is 13.1. The lowest BCUT2D eigenvalue weighted by molar-refractivity contribution is -0.123. The minimum absolute atomic E-state index is 0.0531. The number of thiocarbonyl (C=S) groups is 1. The Labute approximate surface area is 178 Å². The van der Waals surface area contributed by atoms with E-state index in [9.17, 15) is 9.18 Å². The molecule has 0 bridgehead atoms. The lowest BCUT2D eigenvalue weighted by Crippen LogP contribution is -2.39. The first-order valence-corrected chi connectivity index (χ1v) is 11.8. The van der Waals surface area contributed by atoms with Gasteiger partial charge in [-0.05, 0) is 48.7 Å². The predicted molar refractivity (Wildman–Crippen MR) is 121 cm³/mol. The number of hydrogen-bond donors (Lipinski definition) is 0. The summed E-state index contributed by atoms with van der Waals surface area (Å²) in [6.07, 6.45) is 10.2. The summed E-state index contributed by atoms with van der Waals surface area (Å²) in [5, 5.41) is 0. The molecule has 2 nitrogen and oxygen atoms in total. The van der Waals surface area contributed by atoms with Crippen molar-refractivity contribution in [2.45, 2.75) is 51.0 Å². The summed E-state index contributed by atoms with van der Waals surface area (Å²) in [6.45, 7) is 0. The Balaban J connectivity index is 1.51. The molecule has 2 fully saturated rings. The van der Waals surface area contributed by atoms with Crippen molar-refractivity contribution in [3.05, 3.63) is 52.0 Å². The highest BCUT2D eigenvalue weighted by Crippen LogP contribution is 2.38. The van der Waals surface area contributed by atoms with Gasteiger partial charge < -0.3 is 0 Å². The van der Waals surface area contributed by atoms with Gasteiger partial charge in [0.05, 0.1) is 4.91 Å². The van der Waals surface area contributed by atoms with E-state index in [1.807, 2.05) is 23.1 Å². The van der Waals surface area contributed by atoms with Gasteiger partial charge in [0.15, 0.2) is 0 Å². The van der Waals surface area contributed by atoms with Gasteiger partial charge >= 0.3 is 0 Å². The van der Waals surface area contributed by atoms with Crippen molar-refractivity contribution in [3.8, 4) is 10.4 Å². The van der Waals surface area contributed by atoms with Crippen molar-refractivity contribution in [1.29, 1.82) is 0 Å². The third kappa shape index (κ3) is 4.39. The highest BCUT2D eigenvalue weighted by Gasteiger charge is 2.36. The van der Waals surface area contributed by atoms with Crippen molar-refractivity contribution < 1.29 is 9.18 Å². The summed E-state index contributed by atoms with van der Waals surface area (Å²) < 4.78 is 13.8. The number of thiophene rings is 1. The molecule has 1 amide bonds. The molecule has 1 saturated carbocycles. The van der Waals surface area contributed by atoms with Crippen LogP contribution in [0.2, 0.25) is 0 Å². The molecule has 1 saturated heterocycles. The fourth-order valence-corrected chi connectivity index (χ4v) is 6.24. The number of nitrogens with zero attached hydrogens (tertiary/aromatic N) is 1. The molecule has 1 aliphatic carbocycles. The largest absolute Gasteiger partial charge is 0.290 e. The molecular weight excluding hydrogens is 409 g/mol. The average molecular weight is 432 g/mol. The summed E-state index contributed by atoms with van der Waals surface area (Å²) in [5.41, 5.74) is 0.980. The van der Waals surface area contributed by atoms with Crippen LogP contribution >= 0.6 is 35.3 Å². The van der Waals surface area contributed by atoms with Crippen LogP contribution in [0.15, 0.2) is 41.3 Å². The average Bonchev–Trinajstić information content (AvgIpc) is 3.22. The molecule has 0 unspecified atom stereocenters. The maximum absolute atomic E-state index is 13.1. The van der Waals surface area contributed by atoms with E-state index in [0.29, 0.717) is 9.23 Å². The molecule has 0 N–H and O–H groups in total. The van der Waals surface area contributed by atoms with Crippen LogP contribution in [0.3, 0.4) is 0 Å². The van der Waals surface area contributed by atoms with E-state index in [-0.39, 0.29) is 17.8 Å². The fourth-order valence-electron chi connectivity index (χ4n) is 3.82. The van der Waals surface area contributed by atoms with Crippen molar-refractivity contribution in [2.24, 2.45) is 0 Å². The highest BCUT2D eigenvalue weighted by molar-refractivity contribution is 8.26. The quantitative estimate of drug-likeness (QED) is 0.391. The molecule has 4 rings (SSSR count). The molecule has 2 aromatic rings. The van der Waals surface area contributed by atoms with Crippen molar-refractivity contribution in [1.82, 2.24) is 4.90 Å². The van der Waals surface area contributed by atoms with Gasteiger partial charge in [-0.15, -0.1) is 11.3 Å². The number of amides is 1. The Kier molecular flexibility index (Phi) is 6.28. The van der Waals surface area contributed by atoms with Gasteiger partial charge in [0, 0.05) is 15.8 Å². The fraction of sp³-hybridized carbons (Fsp3) is 0.364. The Morgan fingerprint density at radius 2 is 1.68 bits per heavy atom. The van der Waals surface area contributed by atoms with Crippen LogP contribution in [0.4, 0.5) is 4.39 Å². The minimum Gasteiger partial charge on any atom is -0.290 e. The van der Waals surface area contributed by atoms with Crippen molar-refractivity contribution >= 4 is 51.6 Å².